The maximum absolute atomic E-state index is 4.69. The summed E-state index contributed by atoms with van der Waals surface area (Å²) in [5.41, 5.74) is 3.44. The number of nitrogens with zero attached hydrogens (tertiary/aromatic N) is 2. The summed E-state index contributed by atoms with van der Waals surface area (Å²) in [6.45, 7) is 1.71. The molecule has 0 bridgehead atoms. The minimum absolute atomic E-state index is 0.814. The van der Waals surface area contributed by atoms with E-state index in [1.165, 1.54) is 10.9 Å². The van der Waals surface area contributed by atoms with Crippen molar-refractivity contribution in [1.29, 1.82) is 0 Å². The summed E-state index contributed by atoms with van der Waals surface area (Å²) in [5, 5.41) is 4.35. The summed E-state index contributed by atoms with van der Waals surface area (Å²) in [4.78, 5) is 4.69. The Morgan fingerprint density at radius 3 is 2.89 bits per heavy atom. The normalized spacial score (nSPS) is 11.0. The highest BCUT2D eigenvalue weighted by Gasteiger charge is 2.00. The zero-order chi connectivity index (χ0) is 13.1. The summed E-state index contributed by atoms with van der Waals surface area (Å²) in [5.74, 6) is 0. The number of hydrogen-bond acceptors (Lipinski definition) is 2. The third kappa shape index (κ3) is 2.66. The topological polar surface area (TPSA) is 29.9 Å². The average Bonchev–Trinajstić information content (AvgIpc) is 2.86. The Hall–Kier alpha value is -2.13. The number of nitrogens with one attached hydrogen (secondary N) is 1. The summed E-state index contributed by atoms with van der Waals surface area (Å²) in [6.07, 6.45) is 4.26. The molecule has 1 N–H and O–H groups in total. The lowest BCUT2D eigenvalue weighted by Crippen LogP contribution is -2.04. The van der Waals surface area contributed by atoms with Crippen LogP contribution in [0.4, 0.5) is 0 Å². The largest absolute Gasteiger partial charge is 0.348 e. The Morgan fingerprint density at radius 2 is 2.00 bits per heavy atom. The Kier molecular flexibility index (Phi) is 3.29. The van der Waals surface area contributed by atoms with Gasteiger partial charge in [0.2, 0.25) is 0 Å². The summed E-state index contributed by atoms with van der Waals surface area (Å²) in [6, 6.07) is 14.6. The molecule has 3 heteroatoms. The highest BCUT2D eigenvalue weighted by molar-refractivity contribution is 5.78. The van der Waals surface area contributed by atoms with Crippen molar-refractivity contribution in [3.63, 3.8) is 0 Å². The van der Waals surface area contributed by atoms with Gasteiger partial charge in [-0.2, -0.15) is 0 Å². The summed E-state index contributed by atoms with van der Waals surface area (Å²) < 4.78 is 2.17. The van der Waals surface area contributed by atoms with Gasteiger partial charge in [-0.05, 0) is 30.8 Å². The van der Waals surface area contributed by atoms with Crippen LogP contribution in [0, 0.1) is 0 Å². The molecular weight excluding hydrogens is 234 g/mol. The van der Waals surface area contributed by atoms with Gasteiger partial charge in [0.15, 0.2) is 0 Å². The second-order valence-corrected chi connectivity index (χ2v) is 4.72. The fourth-order valence-electron chi connectivity index (χ4n) is 2.28. The molecule has 0 aliphatic carbocycles. The average molecular weight is 251 g/mol. The monoisotopic (exact) mass is 251 g/mol. The van der Waals surface area contributed by atoms with Crippen LogP contribution in [-0.4, -0.2) is 16.6 Å². The number of aromatic nitrogens is 2. The van der Waals surface area contributed by atoms with E-state index in [2.05, 4.69) is 57.6 Å². The number of para-hydroxylation sites is 1. The third-order valence-electron chi connectivity index (χ3n) is 3.19. The van der Waals surface area contributed by atoms with Crippen LogP contribution in [0.3, 0.4) is 0 Å². The molecule has 2 aromatic heterocycles. The molecule has 0 aliphatic heterocycles. The number of fused-ring (bicyclic) bond motifs is 1. The molecule has 0 saturated carbocycles. The van der Waals surface area contributed by atoms with Crippen LogP contribution in [0.1, 0.15) is 11.3 Å². The van der Waals surface area contributed by atoms with E-state index in [4.69, 9.17) is 0 Å². The molecule has 3 nitrogen and oxygen atoms in total. The molecule has 0 unspecified atom stereocenters. The first-order valence-corrected chi connectivity index (χ1v) is 6.49. The van der Waals surface area contributed by atoms with E-state index in [0.29, 0.717) is 0 Å². The van der Waals surface area contributed by atoms with Crippen molar-refractivity contribution >= 4 is 10.9 Å². The molecule has 0 fully saturated rings. The zero-order valence-electron chi connectivity index (χ0n) is 11.0. The molecule has 0 radical (unpaired) electrons. The molecule has 0 amide bonds. The van der Waals surface area contributed by atoms with Gasteiger partial charge in [0.05, 0.1) is 17.8 Å². The number of pyridine rings is 1. The van der Waals surface area contributed by atoms with Gasteiger partial charge in [0, 0.05) is 24.3 Å². The number of benzene rings is 1. The van der Waals surface area contributed by atoms with Gasteiger partial charge in [-0.1, -0.05) is 24.3 Å². The Morgan fingerprint density at radius 1 is 1.11 bits per heavy atom. The standard InChI is InChI=1S/C16H17N3/c1-17-10-13-8-9-19(11-13)12-15-7-6-14-4-2-3-5-16(14)18-15/h2-9,11,17H,10,12H2,1H3. The van der Waals surface area contributed by atoms with Crippen LogP contribution in [0.2, 0.25) is 0 Å². The van der Waals surface area contributed by atoms with Gasteiger partial charge in [-0.25, -0.2) is 0 Å². The molecule has 1 aromatic carbocycles. The van der Waals surface area contributed by atoms with Gasteiger partial charge in [0.1, 0.15) is 0 Å². The highest BCUT2D eigenvalue weighted by Crippen LogP contribution is 2.13. The number of rotatable bonds is 4. The van der Waals surface area contributed by atoms with Crippen LogP contribution in [0.25, 0.3) is 10.9 Å². The van der Waals surface area contributed by atoms with E-state index in [9.17, 15) is 0 Å². The van der Waals surface area contributed by atoms with Gasteiger partial charge in [-0.15, -0.1) is 0 Å². The Bertz CT molecular complexity index is 685. The van der Waals surface area contributed by atoms with Crippen LogP contribution in [0.15, 0.2) is 54.9 Å². The van der Waals surface area contributed by atoms with E-state index in [0.717, 1.165) is 24.3 Å². The van der Waals surface area contributed by atoms with Gasteiger partial charge in [-0.3, -0.25) is 4.98 Å². The SMILES string of the molecule is CNCc1ccn(Cc2ccc3ccccc3n2)c1. The maximum Gasteiger partial charge on any atom is 0.0706 e. The molecule has 0 saturated heterocycles. The summed E-state index contributed by atoms with van der Waals surface area (Å²) in [7, 11) is 1.96. The van der Waals surface area contributed by atoms with Crippen molar-refractivity contribution < 1.29 is 0 Å². The van der Waals surface area contributed by atoms with Gasteiger partial charge < -0.3 is 9.88 Å². The quantitative estimate of drug-likeness (QED) is 0.772. The minimum atomic E-state index is 0.814. The van der Waals surface area contributed by atoms with Crippen molar-refractivity contribution in [2.24, 2.45) is 0 Å². The first kappa shape index (κ1) is 11.9. The predicted octanol–water partition coefficient (Wildman–Crippen LogP) is 2.80. The predicted molar refractivity (Wildman–Crippen MR) is 78.0 cm³/mol. The third-order valence-corrected chi connectivity index (χ3v) is 3.19. The first-order chi connectivity index (χ1) is 9.35. The van der Waals surface area contributed by atoms with Crippen molar-refractivity contribution in [3.05, 3.63) is 66.1 Å². The van der Waals surface area contributed by atoms with E-state index in [-0.39, 0.29) is 0 Å². The van der Waals surface area contributed by atoms with Crippen molar-refractivity contribution in [1.82, 2.24) is 14.9 Å². The van der Waals surface area contributed by atoms with E-state index in [1.54, 1.807) is 0 Å². The van der Waals surface area contributed by atoms with Crippen molar-refractivity contribution in [2.75, 3.05) is 7.05 Å². The second-order valence-electron chi connectivity index (χ2n) is 4.72. The molecule has 0 spiro atoms. The number of hydrogen-bond donors (Lipinski definition) is 1. The van der Waals surface area contributed by atoms with Crippen LogP contribution < -0.4 is 5.32 Å². The molecule has 19 heavy (non-hydrogen) atoms. The van der Waals surface area contributed by atoms with E-state index in [1.807, 2.05) is 19.2 Å². The van der Waals surface area contributed by atoms with Crippen molar-refractivity contribution in [3.8, 4) is 0 Å². The Balaban J connectivity index is 1.83. The van der Waals surface area contributed by atoms with Crippen molar-refractivity contribution in [2.45, 2.75) is 13.1 Å². The van der Waals surface area contributed by atoms with E-state index >= 15 is 0 Å². The molecule has 0 aliphatic rings. The molecular formula is C16H17N3. The van der Waals surface area contributed by atoms with Crippen LogP contribution in [0.5, 0.6) is 0 Å². The molecule has 2 heterocycles. The molecule has 0 atom stereocenters. The Labute approximate surface area is 112 Å². The van der Waals surface area contributed by atoms with E-state index < -0.39 is 0 Å². The van der Waals surface area contributed by atoms with Gasteiger partial charge >= 0.3 is 0 Å². The zero-order valence-corrected chi connectivity index (χ0v) is 11.0. The molecule has 3 rings (SSSR count). The minimum Gasteiger partial charge on any atom is -0.348 e. The first-order valence-electron chi connectivity index (χ1n) is 6.49. The lowest BCUT2D eigenvalue weighted by molar-refractivity contribution is 0.769. The maximum atomic E-state index is 4.69. The highest BCUT2D eigenvalue weighted by atomic mass is 15.0. The summed E-state index contributed by atoms with van der Waals surface area (Å²) >= 11 is 0. The molecule has 96 valence electrons. The second kappa shape index (κ2) is 5.24. The lowest BCUT2D eigenvalue weighted by Gasteiger charge is -2.04. The van der Waals surface area contributed by atoms with Gasteiger partial charge in [0.25, 0.3) is 0 Å². The fourth-order valence-corrected chi connectivity index (χ4v) is 2.28. The fraction of sp³-hybridized carbons (Fsp3) is 0.188. The lowest BCUT2D eigenvalue weighted by atomic mass is 10.2. The van der Waals surface area contributed by atoms with Crippen LogP contribution in [-0.2, 0) is 13.1 Å². The smallest absolute Gasteiger partial charge is 0.0706 e. The molecule has 3 aromatic rings. The van der Waals surface area contributed by atoms with Crippen LogP contribution >= 0.6 is 0 Å².